The van der Waals surface area contributed by atoms with E-state index in [-0.39, 0.29) is 30.2 Å². The number of methoxy groups -OCH3 is 1. The zero-order valence-corrected chi connectivity index (χ0v) is 29.3. The molecule has 2 heterocycles. The Labute approximate surface area is 286 Å². The number of imide groups is 1. The molecule has 5 rings (SSSR count). The number of phenolic OH excluding ortho intramolecular Hbond substituents is 1. The summed E-state index contributed by atoms with van der Waals surface area (Å²) in [6, 6.07) is 13.9. The molecule has 0 radical (unpaired) electrons. The monoisotopic (exact) mass is 742 g/mol. The van der Waals surface area contributed by atoms with E-state index in [0.29, 0.717) is 28.6 Å². The van der Waals surface area contributed by atoms with Crippen LogP contribution in [0.2, 0.25) is 0 Å². The van der Waals surface area contributed by atoms with Gasteiger partial charge in [0.05, 0.1) is 35.2 Å². The van der Waals surface area contributed by atoms with Crippen molar-refractivity contribution in [2.45, 2.75) is 77.5 Å². The van der Waals surface area contributed by atoms with Gasteiger partial charge in [-0.05, 0) is 96.9 Å². The number of carbonyl (C=O) groups is 2. The van der Waals surface area contributed by atoms with Gasteiger partial charge in [0.2, 0.25) is 11.8 Å². The maximum absolute atomic E-state index is 14.0. The number of fused-ring (bicyclic) bond motifs is 1. The fraction of sp³-hybridized carbons (Fsp3) is 0.514. The number of hydrogen-bond acceptors (Lipinski definition) is 7. The maximum Gasteiger partial charge on any atom is 0.234 e. The first-order valence-corrected chi connectivity index (χ1v) is 17.6. The van der Waals surface area contributed by atoms with Crippen LogP contribution in [0.5, 0.6) is 11.5 Å². The topological polar surface area (TPSA) is 111 Å². The third kappa shape index (κ3) is 7.37. The molecule has 2 aromatic rings. The minimum atomic E-state index is -0.828. The first kappa shape index (κ1) is 34.6. The molecule has 2 aromatic carbocycles. The van der Waals surface area contributed by atoms with Crippen molar-refractivity contribution in [1.82, 2.24) is 9.80 Å². The number of benzene rings is 2. The van der Waals surface area contributed by atoms with Gasteiger partial charge in [0.15, 0.2) is 11.5 Å². The van der Waals surface area contributed by atoms with Crippen molar-refractivity contribution in [3.8, 4) is 11.5 Å². The van der Waals surface area contributed by atoms with E-state index in [4.69, 9.17) is 4.74 Å². The molecular weight excluding hydrogens is 695 g/mol. The second-order valence-corrected chi connectivity index (χ2v) is 14.2. The summed E-state index contributed by atoms with van der Waals surface area (Å²) in [6.07, 6.45) is 6.06. The number of piperidine rings is 1. The van der Waals surface area contributed by atoms with Crippen LogP contribution < -0.4 is 4.74 Å². The molecule has 9 heteroatoms. The number of aliphatic hydroxyl groups excluding tert-OH is 2. The van der Waals surface area contributed by atoms with Gasteiger partial charge >= 0.3 is 0 Å². The largest absolute Gasteiger partial charge is 0.504 e. The Hall–Kier alpha value is -2.73. The fourth-order valence-corrected chi connectivity index (χ4v) is 8.44. The first-order valence-electron chi connectivity index (χ1n) is 16.5. The lowest BCUT2D eigenvalue weighted by Crippen LogP contribution is -2.47. The van der Waals surface area contributed by atoms with Gasteiger partial charge in [-0.1, -0.05) is 60.9 Å². The number of phenols is 1. The number of allylic oxidation sites excluding steroid dienone is 2. The van der Waals surface area contributed by atoms with Crippen molar-refractivity contribution in [1.29, 1.82) is 0 Å². The predicted molar refractivity (Wildman–Crippen MR) is 187 cm³/mol. The Kier molecular flexibility index (Phi) is 11.6. The highest BCUT2D eigenvalue weighted by molar-refractivity contribution is 14.1. The fourth-order valence-electron chi connectivity index (χ4n) is 7.82. The normalized spacial score (nSPS) is 23.7. The summed E-state index contributed by atoms with van der Waals surface area (Å²) in [5, 5.41) is 32.4. The van der Waals surface area contributed by atoms with E-state index in [1.54, 1.807) is 6.07 Å². The lowest BCUT2D eigenvalue weighted by molar-refractivity contribution is -0.144. The second kappa shape index (κ2) is 15.4. The number of likely N-dealkylation sites (tertiary alicyclic amines) is 2. The van der Waals surface area contributed by atoms with E-state index in [1.807, 2.05) is 31.2 Å². The Morgan fingerprint density at radius 2 is 1.83 bits per heavy atom. The van der Waals surface area contributed by atoms with Crippen molar-refractivity contribution in [2.24, 2.45) is 17.8 Å². The first-order chi connectivity index (χ1) is 22.2. The van der Waals surface area contributed by atoms with Crippen molar-refractivity contribution in [2.75, 3.05) is 26.8 Å². The standard InChI is InChI=1S/C37H47IN2O6/c1-4-8-24(18-26-19-30(38)35(43)32(20-26)46-3)11-12-31(42)33-23(2)17-28-34(29(33)22-41)37(45)40(36(28)44)27-13-15-39(16-14-27)21-25-9-6-5-7-10-25/h5-7,9-10,18-20,27-29,31,34,41-43H,4,8,11-17,21-22H2,1-3H3/b24-18+/t28-,29+,31-,34-/m1/s1. The molecule has 0 unspecified atom stereocenters. The van der Waals surface area contributed by atoms with Gasteiger partial charge in [-0.3, -0.25) is 19.4 Å². The van der Waals surface area contributed by atoms with Gasteiger partial charge in [-0.15, -0.1) is 0 Å². The molecule has 0 aromatic heterocycles. The van der Waals surface area contributed by atoms with Crippen molar-refractivity contribution in [3.05, 3.63) is 73.9 Å². The number of ether oxygens (including phenoxy) is 1. The van der Waals surface area contributed by atoms with Crippen LogP contribution in [0.25, 0.3) is 6.08 Å². The summed E-state index contributed by atoms with van der Waals surface area (Å²) in [5.41, 5.74) is 4.97. The minimum absolute atomic E-state index is 0.116. The van der Waals surface area contributed by atoms with Crippen LogP contribution in [0.1, 0.15) is 69.9 Å². The van der Waals surface area contributed by atoms with Crippen LogP contribution in [-0.4, -0.2) is 75.9 Å². The number of carbonyl (C=O) groups excluding carboxylic acids is 2. The quantitative estimate of drug-likeness (QED) is 0.141. The van der Waals surface area contributed by atoms with Crippen LogP contribution in [0.15, 0.2) is 59.2 Å². The zero-order valence-electron chi connectivity index (χ0n) is 27.1. The number of aromatic hydroxyl groups is 1. The zero-order chi connectivity index (χ0) is 33.0. The third-order valence-electron chi connectivity index (χ3n) is 10.0. The molecule has 0 spiro atoms. The molecule has 8 nitrogen and oxygen atoms in total. The van der Waals surface area contributed by atoms with Gasteiger partial charge < -0.3 is 20.1 Å². The highest BCUT2D eigenvalue weighted by Gasteiger charge is 2.56. The van der Waals surface area contributed by atoms with Crippen LogP contribution in [0, 0.1) is 21.3 Å². The third-order valence-corrected chi connectivity index (χ3v) is 10.9. The maximum atomic E-state index is 14.0. The van der Waals surface area contributed by atoms with Crippen molar-refractivity contribution >= 4 is 40.5 Å². The van der Waals surface area contributed by atoms with Gasteiger partial charge in [0, 0.05) is 31.6 Å². The highest BCUT2D eigenvalue weighted by atomic mass is 127. The van der Waals surface area contributed by atoms with E-state index in [9.17, 15) is 24.9 Å². The molecule has 2 aliphatic heterocycles. The lowest BCUT2D eigenvalue weighted by atomic mass is 9.68. The van der Waals surface area contributed by atoms with Crippen LogP contribution in [-0.2, 0) is 16.1 Å². The Morgan fingerprint density at radius 1 is 1.11 bits per heavy atom. The van der Waals surface area contributed by atoms with Crippen molar-refractivity contribution < 1.29 is 29.6 Å². The molecule has 0 saturated carbocycles. The van der Waals surface area contributed by atoms with E-state index in [0.717, 1.165) is 67.6 Å². The van der Waals surface area contributed by atoms with Crippen LogP contribution in [0.4, 0.5) is 0 Å². The van der Waals surface area contributed by atoms with E-state index < -0.39 is 23.9 Å². The summed E-state index contributed by atoms with van der Waals surface area (Å²) in [6.45, 7) is 6.27. The Morgan fingerprint density at radius 3 is 2.48 bits per heavy atom. The van der Waals surface area contributed by atoms with Crippen LogP contribution in [0.3, 0.4) is 0 Å². The molecule has 3 aliphatic rings. The summed E-state index contributed by atoms with van der Waals surface area (Å²) < 4.78 is 6.03. The smallest absolute Gasteiger partial charge is 0.234 e. The highest BCUT2D eigenvalue weighted by Crippen LogP contribution is 2.47. The van der Waals surface area contributed by atoms with Gasteiger partial charge in [-0.2, -0.15) is 0 Å². The molecule has 3 N–H and O–H groups in total. The molecule has 0 bridgehead atoms. The lowest BCUT2D eigenvalue weighted by Gasteiger charge is -2.36. The number of amides is 2. The molecule has 2 amide bonds. The Balaban J connectivity index is 1.26. The number of aliphatic hydroxyl groups is 2. The van der Waals surface area contributed by atoms with Gasteiger partial charge in [0.1, 0.15) is 0 Å². The number of halogens is 1. The van der Waals surface area contributed by atoms with Gasteiger partial charge in [0.25, 0.3) is 0 Å². The van der Waals surface area contributed by atoms with Crippen LogP contribution >= 0.6 is 22.6 Å². The van der Waals surface area contributed by atoms with Gasteiger partial charge in [-0.25, -0.2) is 0 Å². The molecule has 46 heavy (non-hydrogen) atoms. The molecular formula is C37H47IN2O6. The Bertz CT molecular complexity index is 1470. The summed E-state index contributed by atoms with van der Waals surface area (Å²) in [7, 11) is 1.53. The molecule has 2 saturated heterocycles. The summed E-state index contributed by atoms with van der Waals surface area (Å²) in [5.74, 6) is -1.45. The molecule has 1 aliphatic carbocycles. The minimum Gasteiger partial charge on any atom is -0.504 e. The molecule has 4 atom stereocenters. The molecule has 248 valence electrons. The second-order valence-electron chi connectivity index (χ2n) is 13.1. The average Bonchev–Trinajstić information content (AvgIpc) is 3.30. The predicted octanol–water partition coefficient (Wildman–Crippen LogP) is 5.92. The summed E-state index contributed by atoms with van der Waals surface area (Å²) >= 11 is 2.09. The number of rotatable bonds is 12. The number of hydrogen-bond donors (Lipinski definition) is 3. The van der Waals surface area contributed by atoms with E-state index >= 15 is 0 Å². The molecule has 2 fully saturated rings. The number of nitrogens with zero attached hydrogens (tertiary/aromatic N) is 2. The van der Waals surface area contributed by atoms with E-state index in [1.165, 1.54) is 17.6 Å². The van der Waals surface area contributed by atoms with E-state index in [2.05, 4.69) is 52.6 Å². The average molecular weight is 743 g/mol. The summed E-state index contributed by atoms with van der Waals surface area (Å²) in [4.78, 5) is 31.6. The SMILES string of the molecule is CCC/C(=C\c1cc(I)c(O)c(OC)c1)CC[C@@H](O)C1=C(C)C[C@H]2C(=O)N(C3CCN(Cc4ccccc4)CC3)C(=O)[C@H]2[C@H]1CO. The van der Waals surface area contributed by atoms with Crippen molar-refractivity contribution in [3.63, 3.8) is 0 Å².